The second kappa shape index (κ2) is 4.08. The van der Waals surface area contributed by atoms with E-state index in [0.29, 0.717) is 12.1 Å². The first kappa shape index (κ1) is 14.1. The van der Waals surface area contributed by atoms with E-state index in [2.05, 4.69) is 12.6 Å². The fourth-order valence-corrected chi connectivity index (χ4v) is 1.43. The first-order valence-electron chi connectivity index (χ1n) is 4.12. The molecule has 0 fully saturated rings. The molecule has 0 saturated heterocycles. The summed E-state index contributed by atoms with van der Waals surface area (Å²) in [7, 11) is 0. The van der Waals surface area contributed by atoms with Crippen molar-refractivity contribution >= 4 is 12.6 Å². The molecule has 96 valence electrons. The van der Waals surface area contributed by atoms with Gasteiger partial charge in [0.05, 0.1) is 0 Å². The van der Waals surface area contributed by atoms with E-state index >= 15 is 0 Å². The molecule has 0 saturated carbocycles. The van der Waals surface area contributed by atoms with Crippen molar-refractivity contribution in [2.24, 2.45) is 0 Å². The third-order valence-electron chi connectivity index (χ3n) is 2.03. The van der Waals surface area contributed by atoms with Gasteiger partial charge in [-0.05, 0) is 12.1 Å². The van der Waals surface area contributed by atoms with Crippen LogP contribution in [-0.4, -0.2) is 12.4 Å². The van der Waals surface area contributed by atoms with Crippen molar-refractivity contribution in [2.45, 2.75) is 22.9 Å². The lowest BCUT2D eigenvalue weighted by atomic mass is 9.94. The van der Waals surface area contributed by atoms with Crippen LogP contribution in [0.5, 0.6) is 0 Å². The summed E-state index contributed by atoms with van der Waals surface area (Å²) in [5.41, 5.74) is -6.93. The summed E-state index contributed by atoms with van der Waals surface area (Å²) in [6.07, 6.45) is -12.2. The van der Waals surface area contributed by atoms with Crippen LogP contribution in [0, 0.1) is 0 Å². The van der Waals surface area contributed by atoms with E-state index in [1.807, 2.05) is 0 Å². The molecule has 0 bridgehead atoms. The first-order chi connectivity index (χ1) is 7.50. The Labute approximate surface area is 96.8 Å². The van der Waals surface area contributed by atoms with Crippen LogP contribution >= 0.6 is 12.6 Å². The van der Waals surface area contributed by atoms with Gasteiger partial charge in [-0.1, -0.05) is 12.1 Å². The molecule has 0 heterocycles. The maximum absolute atomic E-state index is 13.4. The molecule has 0 N–H and O–H groups in total. The number of thiol groups is 1. The largest absolute Gasteiger partial charge is 0.435 e. The highest BCUT2D eigenvalue weighted by Crippen LogP contribution is 2.53. The molecule has 0 aromatic heterocycles. The number of hydrogen-bond donors (Lipinski definition) is 1. The van der Waals surface area contributed by atoms with E-state index in [-0.39, 0.29) is 4.90 Å². The van der Waals surface area contributed by atoms with Crippen LogP contribution in [0.4, 0.5) is 30.7 Å². The van der Waals surface area contributed by atoms with Crippen LogP contribution in [0.15, 0.2) is 29.2 Å². The minimum atomic E-state index is -6.09. The van der Waals surface area contributed by atoms with Crippen molar-refractivity contribution < 1.29 is 30.7 Å². The van der Waals surface area contributed by atoms with Gasteiger partial charge in [0.1, 0.15) is 0 Å². The maximum atomic E-state index is 13.4. The van der Waals surface area contributed by atoms with Gasteiger partial charge in [0.25, 0.3) is 0 Å². The van der Waals surface area contributed by atoms with E-state index in [1.54, 1.807) is 0 Å². The fourth-order valence-electron chi connectivity index (χ4n) is 1.21. The third kappa shape index (κ3) is 2.36. The summed E-state index contributed by atoms with van der Waals surface area (Å²) < 4.78 is 87.2. The Morgan fingerprint density at radius 3 is 1.65 bits per heavy atom. The van der Waals surface area contributed by atoms with Crippen molar-refractivity contribution in [2.75, 3.05) is 0 Å². The van der Waals surface area contributed by atoms with Gasteiger partial charge < -0.3 is 0 Å². The van der Waals surface area contributed by atoms with Crippen molar-refractivity contribution in [3.8, 4) is 0 Å². The lowest BCUT2D eigenvalue weighted by molar-refractivity contribution is -0.348. The van der Waals surface area contributed by atoms with E-state index in [0.717, 1.165) is 12.1 Å². The van der Waals surface area contributed by atoms with Gasteiger partial charge in [-0.3, -0.25) is 0 Å². The molecular weight excluding hydrogens is 273 g/mol. The maximum Gasteiger partial charge on any atom is 0.435 e. The predicted octanol–water partition coefficient (Wildman–Crippen LogP) is 4.26. The molecule has 0 aliphatic carbocycles. The van der Waals surface area contributed by atoms with Gasteiger partial charge in [-0.15, -0.1) is 12.6 Å². The molecule has 0 spiro atoms. The molecule has 0 amide bonds. The SMILES string of the molecule is FC(F)(F)C(F)(c1cccc(S)c1)C(F)(F)F. The minimum Gasteiger partial charge on any atom is -0.218 e. The molecule has 0 nitrogen and oxygen atoms in total. The van der Waals surface area contributed by atoms with Crippen molar-refractivity contribution in [3.05, 3.63) is 29.8 Å². The molecule has 0 radical (unpaired) electrons. The average molecular weight is 278 g/mol. The number of benzene rings is 1. The Hall–Kier alpha value is -0.920. The molecule has 1 aromatic carbocycles. The quantitative estimate of drug-likeness (QED) is 0.575. The average Bonchev–Trinajstić information content (AvgIpc) is 2.12. The van der Waals surface area contributed by atoms with Crippen molar-refractivity contribution in [1.29, 1.82) is 0 Å². The second-order valence-electron chi connectivity index (χ2n) is 3.20. The normalized spacial score (nSPS) is 13.9. The molecule has 8 heteroatoms. The highest BCUT2D eigenvalue weighted by molar-refractivity contribution is 7.80. The Morgan fingerprint density at radius 2 is 1.29 bits per heavy atom. The summed E-state index contributed by atoms with van der Waals surface area (Å²) in [4.78, 5) is -0.196. The van der Waals surface area contributed by atoms with Gasteiger partial charge in [0.2, 0.25) is 0 Å². The molecule has 1 aromatic rings. The predicted molar refractivity (Wildman–Crippen MR) is 48.6 cm³/mol. The summed E-state index contributed by atoms with van der Waals surface area (Å²) in [6, 6.07) is 2.81. The lowest BCUT2D eigenvalue weighted by Gasteiger charge is -2.30. The van der Waals surface area contributed by atoms with Gasteiger partial charge in [0.15, 0.2) is 0 Å². The van der Waals surface area contributed by atoms with Crippen LogP contribution in [0.2, 0.25) is 0 Å². The standard InChI is InChI=1S/C9H5F7S/c10-7(8(11,12)13,9(14,15)16)5-2-1-3-6(17)4-5/h1-4,17H. The van der Waals surface area contributed by atoms with Crippen LogP contribution in [0.3, 0.4) is 0 Å². The first-order valence-corrected chi connectivity index (χ1v) is 4.57. The zero-order valence-electron chi connectivity index (χ0n) is 7.90. The van der Waals surface area contributed by atoms with Gasteiger partial charge in [-0.2, -0.15) is 26.3 Å². The molecule has 0 aliphatic rings. The smallest absolute Gasteiger partial charge is 0.218 e. The number of hydrogen-bond acceptors (Lipinski definition) is 1. The van der Waals surface area contributed by atoms with Gasteiger partial charge in [-0.25, -0.2) is 4.39 Å². The van der Waals surface area contributed by atoms with E-state index in [1.165, 1.54) is 0 Å². The molecule has 17 heavy (non-hydrogen) atoms. The number of halogens is 7. The molecule has 1 rings (SSSR count). The van der Waals surface area contributed by atoms with Crippen LogP contribution in [0.1, 0.15) is 5.56 Å². The topological polar surface area (TPSA) is 0 Å². The van der Waals surface area contributed by atoms with Gasteiger partial charge in [0, 0.05) is 10.5 Å². The van der Waals surface area contributed by atoms with Crippen molar-refractivity contribution in [3.63, 3.8) is 0 Å². The summed E-state index contributed by atoms with van der Waals surface area (Å²) in [5.74, 6) is 0. The van der Waals surface area contributed by atoms with E-state index < -0.39 is 23.6 Å². The Balaban J connectivity index is 3.46. The zero-order chi connectivity index (χ0) is 13.5. The number of alkyl halides is 7. The Kier molecular flexibility index (Phi) is 3.39. The van der Waals surface area contributed by atoms with E-state index in [4.69, 9.17) is 0 Å². The minimum absolute atomic E-state index is 0.196. The number of rotatable bonds is 1. The molecular formula is C9H5F7S. The Bertz CT molecular complexity index is 393. The summed E-state index contributed by atoms with van der Waals surface area (Å²) >= 11 is 3.58. The molecule has 0 atom stereocenters. The second-order valence-corrected chi connectivity index (χ2v) is 3.72. The lowest BCUT2D eigenvalue weighted by Crippen LogP contribution is -2.50. The van der Waals surface area contributed by atoms with Gasteiger partial charge >= 0.3 is 18.0 Å². The monoisotopic (exact) mass is 278 g/mol. The summed E-state index contributed by atoms with van der Waals surface area (Å²) in [6.45, 7) is 0. The summed E-state index contributed by atoms with van der Waals surface area (Å²) in [5, 5.41) is 0. The van der Waals surface area contributed by atoms with E-state index in [9.17, 15) is 30.7 Å². The Morgan fingerprint density at radius 1 is 0.824 bits per heavy atom. The zero-order valence-corrected chi connectivity index (χ0v) is 8.80. The highest BCUT2D eigenvalue weighted by atomic mass is 32.1. The fraction of sp³-hybridized carbons (Fsp3) is 0.333. The molecule has 0 unspecified atom stereocenters. The van der Waals surface area contributed by atoms with Crippen LogP contribution < -0.4 is 0 Å². The molecule has 0 aliphatic heterocycles. The van der Waals surface area contributed by atoms with Crippen LogP contribution in [-0.2, 0) is 5.67 Å². The van der Waals surface area contributed by atoms with Crippen molar-refractivity contribution in [1.82, 2.24) is 0 Å². The highest BCUT2D eigenvalue weighted by Gasteiger charge is 2.73. The van der Waals surface area contributed by atoms with Crippen LogP contribution in [0.25, 0.3) is 0 Å². The third-order valence-corrected chi connectivity index (χ3v) is 2.30.